The Balaban J connectivity index is 1.18. The van der Waals surface area contributed by atoms with Gasteiger partial charge in [-0.25, -0.2) is 4.98 Å². The maximum Gasteiger partial charge on any atom is 0.471 e. The number of benzene rings is 3. The zero-order valence-corrected chi connectivity index (χ0v) is 27.6. The van der Waals surface area contributed by atoms with Crippen LogP contribution in [0.1, 0.15) is 53.9 Å². The fourth-order valence-electron chi connectivity index (χ4n) is 6.20. The number of likely N-dealkylation sites (tertiary alicyclic amines) is 1. The molecule has 1 aromatic heterocycles. The topological polar surface area (TPSA) is 106 Å². The third-order valence-corrected chi connectivity index (χ3v) is 9.46. The van der Waals surface area contributed by atoms with Crippen molar-refractivity contribution in [2.24, 2.45) is 0 Å². The first-order chi connectivity index (χ1) is 23.5. The van der Waals surface area contributed by atoms with E-state index in [1.54, 1.807) is 17.0 Å². The quantitative estimate of drug-likeness (QED) is 0.198. The molecule has 0 spiro atoms. The lowest BCUT2D eigenvalue weighted by molar-refractivity contribution is -0.252. The maximum atomic E-state index is 13.0. The Labute approximate surface area is 290 Å². The molecule has 0 aliphatic carbocycles. The number of halogens is 5. The van der Waals surface area contributed by atoms with Crippen LogP contribution in [0.15, 0.2) is 79.1 Å². The van der Waals surface area contributed by atoms with E-state index in [9.17, 15) is 27.9 Å². The number of nitrogens with one attached hydrogen (secondary N) is 1. The van der Waals surface area contributed by atoms with Gasteiger partial charge in [0, 0.05) is 25.1 Å². The van der Waals surface area contributed by atoms with Crippen LogP contribution in [0.4, 0.5) is 13.2 Å². The molecule has 0 bridgehead atoms. The number of alkyl halides is 3. The summed E-state index contributed by atoms with van der Waals surface area (Å²) in [6, 6.07) is 21.5. The molecule has 2 amide bonds. The normalized spacial score (nSPS) is 21.1. The molecule has 4 atom stereocenters. The van der Waals surface area contributed by atoms with Crippen molar-refractivity contribution in [1.82, 2.24) is 19.8 Å². The summed E-state index contributed by atoms with van der Waals surface area (Å²) in [5.74, 6) is -2.62. The molecule has 2 aliphatic rings. The lowest BCUT2D eigenvalue weighted by Crippen LogP contribution is -2.50. The number of nitrogens with zero attached hydrogens (tertiary/aromatic N) is 3. The monoisotopic (exact) mass is 716 g/mol. The number of amides is 2. The minimum absolute atomic E-state index is 0.0670. The summed E-state index contributed by atoms with van der Waals surface area (Å²) in [6.07, 6.45) is -3.84. The molecule has 49 heavy (non-hydrogen) atoms. The van der Waals surface area contributed by atoms with Gasteiger partial charge in [0.25, 0.3) is 0 Å². The molecule has 2 N–H and O–H groups in total. The Kier molecular flexibility index (Phi) is 10.6. The molecule has 0 radical (unpaired) electrons. The van der Waals surface area contributed by atoms with Crippen molar-refractivity contribution in [3.05, 3.63) is 112 Å². The minimum Gasteiger partial charge on any atom is -0.392 e. The molecule has 2 fully saturated rings. The van der Waals surface area contributed by atoms with E-state index in [2.05, 4.69) is 10.3 Å². The van der Waals surface area contributed by atoms with E-state index >= 15 is 0 Å². The van der Waals surface area contributed by atoms with E-state index in [4.69, 9.17) is 32.7 Å². The second-order valence-corrected chi connectivity index (χ2v) is 12.7. The van der Waals surface area contributed by atoms with E-state index in [-0.39, 0.29) is 43.5 Å². The Morgan fingerprint density at radius 3 is 2.39 bits per heavy atom. The van der Waals surface area contributed by atoms with Crippen LogP contribution in [0.3, 0.4) is 0 Å². The van der Waals surface area contributed by atoms with Crippen molar-refractivity contribution in [3.8, 4) is 11.1 Å². The van der Waals surface area contributed by atoms with E-state index in [0.717, 1.165) is 33.4 Å². The van der Waals surface area contributed by atoms with Crippen molar-refractivity contribution >= 4 is 35.0 Å². The zero-order valence-electron chi connectivity index (χ0n) is 26.1. The van der Waals surface area contributed by atoms with Gasteiger partial charge in [-0.05, 0) is 52.8 Å². The van der Waals surface area contributed by atoms with Crippen LogP contribution in [0.2, 0.25) is 10.3 Å². The summed E-state index contributed by atoms with van der Waals surface area (Å²) in [6.45, 7) is 0.285. The average Bonchev–Trinajstić information content (AvgIpc) is 3.73. The molecule has 14 heteroatoms. The number of rotatable bonds is 9. The highest BCUT2D eigenvalue weighted by molar-refractivity contribution is 6.40. The Morgan fingerprint density at radius 1 is 0.959 bits per heavy atom. The predicted molar refractivity (Wildman–Crippen MR) is 175 cm³/mol. The van der Waals surface area contributed by atoms with Crippen molar-refractivity contribution in [1.29, 1.82) is 0 Å². The second kappa shape index (κ2) is 14.9. The van der Waals surface area contributed by atoms with Crippen LogP contribution >= 0.6 is 23.2 Å². The van der Waals surface area contributed by atoms with Crippen molar-refractivity contribution in [2.45, 2.75) is 69.7 Å². The van der Waals surface area contributed by atoms with Crippen LogP contribution in [-0.2, 0) is 38.8 Å². The third-order valence-electron chi connectivity index (χ3n) is 8.69. The molecule has 2 aliphatic heterocycles. The van der Waals surface area contributed by atoms with E-state index in [1.165, 1.54) is 0 Å². The summed E-state index contributed by atoms with van der Waals surface area (Å²) in [4.78, 5) is 29.3. The number of aromatic nitrogens is 2. The largest absolute Gasteiger partial charge is 0.471 e. The molecule has 2 saturated heterocycles. The van der Waals surface area contributed by atoms with Crippen LogP contribution in [0.25, 0.3) is 11.1 Å². The van der Waals surface area contributed by atoms with E-state index in [1.807, 2.05) is 66.7 Å². The number of ether oxygens (including phenoxy) is 2. The van der Waals surface area contributed by atoms with E-state index in [0.29, 0.717) is 29.4 Å². The van der Waals surface area contributed by atoms with Crippen molar-refractivity contribution in [2.75, 3.05) is 6.54 Å². The fourth-order valence-corrected chi connectivity index (χ4v) is 6.51. The first-order valence-electron chi connectivity index (χ1n) is 15.7. The number of imidazole rings is 1. The fraction of sp³-hybridized carbons (Fsp3) is 0.343. The Morgan fingerprint density at radius 2 is 1.69 bits per heavy atom. The first kappa shape index (κ1) is 34.9. The van der Waals surface area contributed by atoms with Crippen LogP contribution in [0.5, 0.6) is 0 Å². The van der Waals surface area contributed by atoms with Gasteiger partial charge in [-0.1, -0.05) is 83.9 Å². The Hall–Kier alpha value is -3.94. The summed E-state index contributed by atoms with van der Waals surface area (Å²) in [7, 11) is 0. The van der Waals surface area contributed by atoms with Crippen LogP contribution < -0.4 is 5.32 Å². The molecular formula is C35H33Cl2F3N4O5. The number of hydrogen-bond acceptors (Lipinski definition) is 6. The van der Waals surface area contributed by atoms with Gasteiger partial charge >= 0.3 is 12.1 Å². The highest BCUT2D eigenvalue weighted by Crippen LogP contribution is 2.40. The molecule has 9 nitrogen and oxygen atoms in total. The van der Waals surface area contributed by atoms with Crippen LogP contribution in [-0.4, -0.2) is 56.2 Å². The van der Waals surface area contributed by atoms with Crippen LogP contribution in [0, 0.1) is 0 Å². The number of hydrogen-bond donors (Lipinski definition) is 2. The van der Waals surface area contributed by atoms with Gasteiger partial charge in [-0.2, -0.15) is 13.2 Å². The molecular weight excluding hydrogens is 684 g/mol. The maximum absolute atomic E-state index is 13.0. The van der Waals surface area contributed by atoms with Gasteiger partial charge in [0.2, 0.25) is 5.91 Å². The van der Waals surface area contributed by atoms with Gasteiger partial charge in [-0.3, -0.25) is 9.59 Å². The minimum atomic E-state index is -5.03. The van der Waals surface area contributed by atoms with Crippen molar-refractivity contribution < 1.29 is 37.3 Å². The summed E-state index contributed by atoms with van der Waals surface area (Å²) in [5, 5.41) is 12.7. The third kappa shape index (κ3) is 8.11. The van der Waals surface area contributed by atoms with Gasteiger partial charge in [0.15, 0.2) is 11.4 Å². The summed E-state index contributed by atoms with van der Waals surface area (Å²) in [5.41, 5.74) is 4.91. The average molecular weight is 718 g/mol. The molecule has 6 rings (SSSR count). The standard InChI is InChI=1S/C35H33Cl2F3N4O5/c36-30-31(37)43(20-42-30)18-27-16-29(23-11-9-21(19-45)10-12-23)49-33(48-27)26-7-2-6-25(15-26)24-5-1-4-22(14-24)17-41-32(46)28-8-3-13-44(28)34(47)35(38,39)40/h1-2,4-7,9-12,14-15,20,27-29,33,45H,3,8,13,16-19H2,(H,41,46)/t27-,28+,29+,33+/m1/s1. The SMILES string of the molecule is O=C(NCc1cccc(-c2cccc([C@H]3O[C@@H](Cn4cnc(Cl)c4Cl)C[C@@H](c4ccc(CO)cc4)O3)c2)c1)[C@@H]1CCCN1C(=O)C(F)(F)F. The highest BCUT2D eigenvalue weighted by atomic mass is 35.5. The van der Waals surface area contributed by atoms with Gasteiger partial charge in [0.05, 0.1) is 31.7 Å². The lowest BCUT2D eigenvalue weighted by atomic mass is 9.98. The van der Waals surface area contributed by atoms with Crippen molar-refractivity contribution in [3.63, 3.8) is 0 Å². The summed E-state index contributed by atoms with van der Waals surface area (Å²) >= 11 is 12.4. The number of carbonyl (C=O) groups is 2. The zero-order chi connectivity index (χ0) is 34.7. The van der Waals surface area contributed by atoms with Gasteiger partial charge in [0.1, 0.15) is 11.2 Å². The van der Waals surface area contributed by atoms with Gasteiger partial charge in [-0.15, -0.1) is 0 Å². The Bertz CT molecular complexity index is 1800. The molecule has 4 aromatic rings. The van der Waals surface area contributed by atoms with Gasteiger partial charge < -0.3 is 29.4 Å². The molecule has 258 valence electrons. The molecule has 3 aromatic carbocycles. The molecule has 3 heterocycles. The number of carbonyl (C=O) groups excluding carboxylic acids is 2. The molecule has 0 saturated carbocycles. The predicted octanol–water partition coefficient (Wildman–Crippen LogP) is 6.76. The van der Waals surface area contributed by atoms with E-state index < -0.39 is 30.3 Å². The molecule has 0 unspecified atom stereocenters. The second-order valence-electron chi connectivity index (χ2n) is 12.0. The highest BCUT2D eigenvalue weighted by Gasteiger charge is 2.47. The lowest BCUT2D eigenvalue weighted by Gasteiger charge is -2.36. The summed E-state index contributed by atoms with van der Waals surface area (Å²) < 4.78 is 53.8. The number of aliphatic hydroxyl groups excluding tert-OH is 1. The number of aliphatic hydroxyl groups is 1. The smallest absolute Gasteiger partial charge is 0.392 e. The first-order valence-corrected chi connectivity index (χ1v) is 16.5.